The zero-order valence-electron chi connectivity index (χ0n) is 17.4. The normalized spacial score (nSPS) is 10.8. The van der Waals surface area contributed by atoms with Crippen LogP contribution in [0.3, 0.4) is 0 Å². The van der Waals surface area contributed by atoms with Crippen molar-refractivity contribution in [1.29, 1.82) is 0 Å². The summed E-state index contributed by atoms with van der Waals surface area (Å²) in [6.07, 6.45) is 1.39. The van der Waals surface area contributed by atoms with Crippen molar-refractivity contribution in [2.24, 2.45) is 0 Å². The molecule has 0 spiro atoms. The van der Waals surface area contributed by atoms with Crippen molar-refractivity contribution in [3.63, 3.8) is 0 Å². The van der Waals surface area contributed by atoms with E-state index in [9.17, 15) is 14.9 Å². The third-order valence-electron chi connectivity index (χ3n) is 4.97. The molecular formula is C24H21N3O4S. The Labute approximate surface area is 188 Å². The number of hydrogen-bond acceptors (Lipinski definition) is 6. The summed E-state index contributed by atoms with van der Waals surface area (Å²) in [5, 5.41) is 14.2. The van der Waals surface area contributed by atoms with Gasteiger partial charge in [0.05, 0.1) is 10.6 Å². The SMILES string of the molecule is Cc1nc(NC(=O)CCc2ccc(-c3ccccc3)o2)sc1Cc1ccc([N+](=O)[O-])cc1. The Morgan fingerprint density at radius 1 is 1.09 bits per heavy atom. The first-order valence-corrected chi connectivity index (χ1v) is 10.9. The second-order valence-electron chi connectivity index (χ2n) is 7.31. The Kier molecular flexibility index (Phi) is 6.42. The molecule has 2 aromatic carbocycles. The van der Waals surface area contributed by atoms with E-state index in [1.165, 1.54) is 23.5 Å². The maximum atomic E-state index is 12.4. The van der Waals surface area contributed by atoms with Crippen LogP contribution in [-0.2, 0) is 17.6 Å². The fourth-order valence-corrected chi connectivity index (χ4v) is 4.27. The number of non-ortho nitro benzene ring substituents is 1. The molecule has 7 nitrogen and oxygen atoms in total. The minimum Gasteiger partial charge on any atom is -0.461 e. The Balaban J connectivity index is 1.32. The van der Waals surface area contributed by atoms with E-state index in [1.54, 1.807) is 12.1 Å². The number of hydrogen-bond donors (Lipinski definition) is 1. The summed E-state index contributed by atoms with van der Waals surface area (Å²) in [7, 11) is 0. The highest BCUT2D eigenvalue weighted by Crippen LogP contribution is 2.27. The number of anilines is 1. The summed E-state index contributed by atoms with van der Waals surface area (Å²) in [5.41, 5.74) is 2.85. The molecule has 0 aliphatic rings. The molecule has 2 aromatic heterocycles. The highest BCUT2D eigenvalue weighted by Gasteiger charge is 2.13. The summed E-state index contributed by atoms with van der Waals surface area (Å²) >= 11 is 1.42. The number of nitrogens with one attached hydrogen (secondary N) is 1. The molecule has 32 heavy (non-hydrogen) atoms. The Morgan fingerprint density at radius 3 is 2.56 bits per heavy atom. The fraction of sp³-hybridized carbons (Fsp3) is 0.167. The van der Waals surface area contributed by atoms with Crippen LogP contribution in [0.1, 0.15) is 28.3 Å². The van der Waals surface area contributed by atoms with E-state index < -0.39 is 4.92 Å². The van der Waals surface area contributed by atoms with Gasteiger partial charge in [-0.1, -0.05) is 42.5 Å². The van der Waals surface area contributed by atoms with Gasteiger partial charge in [-0.2, -0.15) is 0 Å². The highest BCUT2D eigenvalue weighted by molar-refractivity contribution is 7.15. The molecule has 0 fully saturated rings. The first-order chi connectivity index (χ1) is 15.5. The van der Waals surface area contributed by atoms with E-state index in [0.29, 0.717) is 18.0 Å². The molecule has 8 heteroatoms. The highest BCUT2D eigenvalue weighted by atomic mass is 32.1. The van der Waals surface area contributed by atoms with Gasteiger partial charge in [-0.3, -0.25) is 14.9 Å². The number of rotatable bonds is 8. The Hall–Kier alpha value is -3.78. The van der Waals surface area contributed by atoms with E-state index in [1.807, 2.05) is 49.4 Å². The van der Waals surface area contributed by atoms with Gasteiger partial charge < -0.3 is 9.73 Å². The molecule has 0 radical (unpaired) electrons. The second kappa shape index (κ2) is 9.57. The average molecular weight is 448 g/mol. The van der Waals surface area contributed by atoms with Crippen molar-refractivity contribution in [1.82, 2.24) is 4.98 Å². The van der Waals surface area contributed by atoms with Crippen molar-refractivity contribution < 1.29 is 14.1 Å². The van der Waals surface area contributed by atoms with E-state index >= 15 is 0 Å². The molecule has 4 aromatic rings. The van der Waals surface area contributed by atoms with Crippen molar-refractivity contribution in [2.45, 2.75) is 26.2 Å². The monoisotopic (exact) mass is 447 g/mol. The number of aromatic nitrogens is 1. The van der Waals surface area contributed by atoms with Crippen molar-refractivity contribution in [3.05, 3.63) is 98.7 Å². The second-order valence-corrected chi connectivity index (χ2v) is 8.39. The first kappa shape index (κ1) is 21.5. The topological polar surface area (TPSA) is 98.3 Å². The maximum absolute atomic E-state index is 12.4. The van der Waals surface area contributed by atoms with Gasteiger partial charge in [-0.25, -0.2) is 4.98 Å². The third kappa shape index (κ3) is 5.28. The molecule has 0 saturated carbocycles. The van der Waals surface area contributed by atoms with E-state index in [0.717, 1.165) is 33.2 Å². The van der Waals surface area contributed by atoms with Crippen LogP contribution in [0.25, 0.3) is 11.3 Å². The molecule has 4 rings (SSSR count). The van der Waals surface area contributed by atoms with Crippen LogP contribution in [0.4, 0.5) is 10.8 Å². The van der Waals surface area contributed by atoms with Gasteiger partial charge in [0.2, 0.25) is 5.91 Å². The minimum absolute atomic E-state index is 0.0650. The predicted octanol–water partition coefficient (Wildman–Crippen LogP) is 5.78. The number of aryl methyl sites for hydroxylation is 2. The summed E-state index contributed by atoms with van der Waals surface area (Å²) < 4.78 is 5.85. The average Bonchev–Trinajstić information content (AvgIpc) is 3.40. The van der Waals surface area contributed by atoms with Crippen LogP contribution in [0, 0.1) is 17.0 Å². The molecule has 162 valence electrons. The number of thiazole rings is 1. The smallest absolute Gasteiger partial charge is 0.269 e. The van der Waals surface area contributed by atoms with Crippen LogP contribution < -0.4 is 5.32 Å². The number of nitrogens with zero attached hydrogens (tertiary/aromatic N) is 2. The molecule has 1 amide bonds. The lowest BCUT2D eigenvalue weighted by Crippen LogP contribution is -2.11. The largest absolute Gasteiger partial charge is 0.461 e. The molecule has 0 bridgehead atoms. The van der Waals surface area contributed by atoms with Crippen LogP contribution in [0.15, 0.2) is 71.1 Å². The van der Waals surface area contributed by atoms with Gasteiger partial charge >= 0.3 is 0 Å². The van der Waals surface area contributed by atoms with E-state index in [4.69, 9.17) is 4.42 Å². The molecule has 0 saturated heterocycles. The number of carbonyl (C=O) groups is 1. The van der Waals surface area contributed by atoms with Crippen LogP contribution in [-0.4, -0.2) is 15.8 Å². The molecule has 0 atom stereocenters. The molecule has 0 aliphatic carbocycles. The van der Waals surface area contributed by atoms with Crippen LogP contribution in [0.2, 0.25) is 0 Å². The number of benzene rings is 2. The van der Waals surface area contributed by atoms with E-state index in [-0.39, 0.29) is 18.0 Å². The summed E-state index contributed by atoms with van der Waals surface area (Å²) in [6, 6.07) is 20.1. The van der Waals surface area contributed by atoms with E-state index in [2.05, 4.69) is 10.3 Å². The first-order valence-electron chi connectivity index (χ1n) is 10.1. The van der Waals surface area contributed by atoms with Crippen molar-refractivity contribution >= 4 is 28.1 Å². The number of amides is 1. The maximum Gasteiger partial charge on any atom is 0.269 e. The van der Waals surface area contributed by atoms with Gasteiger partial charge in [0.1, 0.15) is 11.5 Å². The minimum atomic E-state index is -0.416. The van der Waals surface area contributed by atoms with Gasteiger partial charge in [-0.05, 0) is 24.6 Å². The summed E-state index contributed by atoms with van der Waals surface area (Å²) in [6.45, 7) is 1.89. The zero-order valence-corrected chi connectivity index (χ0v) is 18.2. The van der Waals surface area contributed by atoms with Crippen LogP contribution in [0.5, 0.6) is 0 Å². The predicted molar refractivity (Wildman–Crippen MR) is 124 cm³/mol. The van der Waals surface area contributed by atoms with Gasteiger partial charge in [0, 0.05) is 41.8 Å². The lowest BCUT2D eigenvalue weighted by molar-refractivity contribution is -0.384. The lowest BCUT2D eigenvalue weighted by Gasteiger charge is -2.01. The molecule has 1 N–H and O–H groups in total. The Morgan fingerprint density at radius 2 is 1.84 bits per heavy atom. The number of nitro groups is 1. The molecule has 0 aliphatic heterocycles. The zero-order chi connectivity index (χ0) is 22.5. The Bertz CT molecular complexity index is 1230. The number of carbonyl (C=O) groups excluding carboxylic acids is 1. The summed E-state index contributed by atoms with van der Waals surface area (Å²) in [5.74, 6) is 1.42. The van der Waals surface area contributed by atoms with Crippen LogP contribution >= 0.6 is 11.3 Å². The van der Waals surface area contributed by atoms with Crippen molar-refractivity contribution in [3.8, 4) is 11.3 Å². The fourth-order valence-electron chi connectivity index (χ4n) is 3.25. The van der Waals surface area contributed by atoms with Gasteiger partial charge in [0.15, 0.2) is 5.13 Å². The van der Waals surface area contributed by atoms with Gasteiger partial charge in [-0.15, -0.1) is 11.3 Å². The quantitative estimate of drug-likeness (QED) is 0.273. The molecular weight excluding hydrogens is 426 g/mol. The number of furan rings is 1. The van der Waals surface area contributed by atoms with Gasteiger partial charge in [0.25, 0.3) is 5.69 Å². The van der Waals surface area contributed by atoms with Crippen molar-refractivity contribution in [2.75, 3.05) is 5.32 Å². The standard InChI is InChI=1S/C24H21N3O4S/c1-16-22(15-17-7-9-19(10-8-17)27(29)30)32-24(25-16)26-23(28)14-12-20-11-13-21(31-20)18-5-3-2-4-6-18/h2-11,13H,12,14-15H2,1H3,(H,25,26,28). The molecule has 2 heterocycles. The third-order valence-corrected chi connectivity index (χ3v) is 6.04. The molecule has 0 unspecified atom stereocenters. The number of nitro benzene ring substituents is 1. The lowest BCUT2D eigenvalue weighted by atomic mass is 10.1. The summed E-state index contributed by atoms with van der Waals surface area (Å²) in [4.78, 5) is 28.2.